The molecule has 0 aliphatic rings. The minimum Gasteiger partial charge on any atom is -0.497 e. The average Bonchev–Trinajstić information content (AvgIpc) is 2.44. The van der Waals surface area contributed by atoms with E-state index in [0.29, 0.717) is 5.75 Å². The Bertz CT molecular complexity index is 498. The van der Waals surface area contributed by atoms with Crippen molar-refractivity contribution in [2.24, 2.45) is 0 Å². The number of hydrogen-bond acceptors (Lipinski definition) is 5. The molecule has 0 amide bonds. The molecule has 1 atom stereocenters. The van der Waals surface area contributed by atoms with Crippen LogP contribution in [0.4, 0.5) is 4.39 Å². The molecule has 0 saturated heterocycles. The highest BCUT2D eigenvalue weighted by molar-refractivity contribution is 6.12. The van der Waals surface area contributed by atoms with Crippen LogP contribution < -0.4 is 9.47 Å². The van der Waals surface area contributed by atoms with E-state index in [4.69, 9.17) is 9.47 Å². The quantitative estimate of drug-likeness (QED) is 0.455. The standard InChI is InChI=1S/C14H17FO5/c1-8(2)20-14(17)12(15)13(16)10-6-5-9(18-3)7-11(10)19-4/h5-8,12H,1-4H3. The lowest BCUT2D eigenvalue weighted by molar-refractivity contribution is -0.151. The van der Waals surface area contributed by atoms with E-state index in [-0.39, 0.29) is 11.3 Å². The largest absolute Gasteiger partial charge is 0.497 e. The molecule has 0 fully saturated rings. The van der Waals surface area contributed by atoms with Crippen molar-refractivity contribution in [3.8, 4) is 11.5 Å². The van der Waals surface area contributed by atoms with E-state index in [2.05, 4.69) is 4.74 Å². The van der Waals surface area contributed by atoms with Gasteiger partial charge in [-0.1, -0.05) is 0 Å². The number of esters is 1. The first-order valence-corrected chi connectivity index (χ1v) is 6.01. The van der Waals surface area contributed by atoms with E-state index < -0.39 is 24.0 Å². The van der Waals surface area contributed by atoms with Crippen molar-refractivity contribution in [2.75, 3.05) is 14.2 Å². The zero-order valence-electron chi connectivity index (χ0n) is 11.8. The maximum absolute atomic E-state index is 13.8. The number of carbonyl (C=O) groups excluding carboxylic acids is 2. The Morgan fingerprint density at radius 3 is 2.30 bits per heavy atom. The summed E-state index contributed by atoms with van der Waals surface area (Å²) in [5.41, 5.74) is -0.0403. The molecule has 20 heavy (non-hydrogen) atoms. The molecule has 110 valence electrons. The molecule has 0 bridgehead atoms. The van der Waals surface area contributed by atoms with Gasteiger partial charge in [0.25, 0.3) is 6.17 Å². The first-order valence-electron chi connectivity index (χ1n) is 6.01. The second kappa shape index (κ2) is 6.88. The molecule has 1 aromatic carbocycles. The molecule has 0 spiro atoms. The summed E-state index contributed by atoms with van der Waals surface area (Å²) in [4.78, 5) is 23.4. The third kappa shape index (κ3) is 3.69. The molecule has 5 nitrogen and oxygen atoms in total. The molecule has 1 unspecified atom stereocenters. The van der Waals surface area contributed by atoms with Crippen molar-refractivity contribution >= 4 is 11.8 Å². The second-order valence-electron chi connectivity index (χ2n) is 4.28. The fourth-order valence-electron chi connectivity index (χ4n) is 1.54. The van der Waals surface area contributed by atoms with Gasteiger partial charge in [0.15, 0.2) is 0 Å². The lowest BCUT2D eigenvalue weighted by Crippen LogP contribution is -2.30. The van der Waals surface area contributed by atoms with Crippen LogP contribution in [-0.2, 0) is 9.53 Å². The van der Waals surface area contributed by atoms with E-state index in [1.165, 1.54) is 32.4 Å². The van der Waals surface area contributed by atoms with Crippen molar-refractivity contribution < 1.29 is 28.2 Å². The van der Waals surface area contributed by atoms with Crippen molar-refractivity contribution in [1.29, 1.82) is 0 Å². The highest BCUT2D eigenvalue weighted by Crippen LogP contribution is 2.26. The third-order valence-electron chi connectivity index (χ3n) is 2.46. The van der Waals surface area contributed by atoms with E-state index in [1.54, 1.807) is 13.8 Å². The molecule has 0 aromatic heterocycles. The summed E-state index contributed by atoms with van der Waals surface area (Å²) in [6.07, 6.45) is -2.87. The number of methoxy groups -OCH3 is 2. The first-order chi connectivity index (χ1) is 9.40. The number of rotatable bonds is 6. The number of ketones is 1. The number of halogens is 1. The molecular formula is C14H17FO5. The van der Waals surface area contributed by atoms with E-state index in [1.807, 2.05) is 0 Å². The van der Waals surface area contributed by atoms with Crippen molar-refractivity contribution in [3.05, 3.63) is 23.8 Å². The van der Waals surface area contributed by atoms with Gasteiger partial charge in [-0.05, 0) is 26.0 Å². The fourth-order valence-corrected chi connectivity index (χ4v) is 1.54. The van der Waals surface area contributed by atoms with Crippen LogP contribution in [0.15, 0.2) is 18.2 Å². The number of Topliss-reactive ketones (excluding diaryl/α,β-unsaturated/α-hetero) is 1. The van der Waals surface area contributed by atoms with Crippen LogP contribution in [0.5, 0.6) is 11.5 Å². The zero-order chi connectivity index (χ0) is 15.3. The lowest BCUT2D eigenvalue weighted by Gasteiger charge is -2.13. The average molecular weight is 284 g/mol. The third-order valence-corrected chi connectivity index (χ3v) is 2.46. The number of ether oxygens (including phenoxy) is 3. The maximum Gasteiger partial charge on any atom is 0.349 e. The van der Waals surface area contributed by atoms with Gasteiger partial charge in [-0.25, -0.2) is 9.18 Å². The molecule has 1 rings (SSSR count). The van der Waals surface area contributed by atoms with Gasteiger partial charge in [0.2, 0.25) is 5.78 Å². The van der Waals surface area contributed by atoms with Crippen LogP contribution in [0.25, 0.3) is 0 Å². The molecule has 0 N–H and O–H groups in total. The Kier molecular flexibility index (Phi) is 5.49. The molecule has 6 heteroatoms. The summed E-state index contributed by atoms with van der Waals surface area (Å²) >= 11 is 0. The number of carbonyl (C=O) groups is 2. The van der Waals surface area contributed by atoms with Gasteiger partial charge in [-0.2, -0.15) is 0 Å². The Labute approximate surface area is 116 Å². The monoisotopic (exact) mass is 284 g/mol. The first kappa shape index (κ1) is 15.9. The minimum absolute atomic E-state index is 0.0403. The zero-order valence-corrected chi connectivity index (χ0v) is 11.8. The topological polar surface area (TPSA) is 61.8 Å². The van der Waals surface area contributed by atoms with Gasteiger partial charge in [0.1, 0.15) is 11.5 Å². The number of alkyl halides is 1. The summed E-state index contributed by atoms with van der Waals surface area (Å²) in [7, 11) is 2.79. The van der Waals surface area contributed by atoms with Crippen LogP contribution in [0.1, 0.15) is 24.2 Å². The van der Waals surface area contributed by atoms with Crippen molar-refractivity contribution in [3.63, 3.8) is 0 Å². The van der Waals surface area contributed by atoms with Crippen LogP contribution in [-0.4, -0.2) is 38.2 Å². The molecule has 0 heterocycles. The molecule has 0 saturated carbocycles. The molecule has 0 aliphatic heterocycles. The van der Waals surface area contributed by atoms with Crippen LogP contribution in [0, 0.1) is 0 Å². The smallest absolute Gasteiger partial charge is 0.349 e. The Balaban J connectivity index is 2.99. The fraction of sp³-hybridized carbons (Fsp3) is 0.429. The SMILES string of the molecule is COc1ccc(C(=O)C(F)C(=O)OC(C)C)c(OC)c1. The summed E-state index contributed by atoms with van der Waals surface area (Å²) in [6.45, 7) is 3.14. The highest BCUT2D eigenvalue weighted by atomic mass is 19.1. The van der Waals surface area contributed by atoms with E-state index in [0.717, 1.165) is 0 Å². The van der Waals surface area contributed by atoms with Crippen molar-refractivity contribution in [2.45, 2.75) is 26.1 Å². The lowest BCUT2D eigenvalue weighted by atomic mass is 10.1. The van der Waals surface area contributed by atoms with Crippen LogP contribution >= 0.6 is 0 Å². The van der Waals surface area contributed by atoms with Gasteiger partial charge in [-0.15, -0.1) is 0 Å². The Hall–Kier alpha value is -2.11. The Morgan fingerprint density at radius 1 is 1.15 bits per heavy atom. The predicted molar refractivity (Wildman–Crippen MR) is 70.0 cm³/mol. The van der Waals surface area contributed by atoms with E-state index >= 15 is 0 Å². The summed E-state index contributed by atoms with van der Waals surface area (Å²) in [5, 5.41) is 0. The van der Waals surface area contributed by atoms with E-state index in [9.17, 15) is 14.0 Å². The second-order valence-corrected chi connectivity index (χ2v) is 4.28. The van der Waals surface area contributed by atoms with Gasteiger partial charge in [0, 0.05) is 6.07 Å². The van der Waals surface area contributed by atoms with Gasteiger partial charge in [0.05, 0.1) is 25.9 Å². The Morgan fingerprint density at radius 2 is 1.80 bits per heavy atom. The van der Waals surface area contributed by atoms with Gasteiger partial charge >= 0.3 is 5.97 Å². The molecular weight excluding hydrogens is 267 g/mol. The number of benzene rings is 1. The predicted octanol–water partition coefficient (Wildman–Crippen LogP) is 2.18. The summed E-state index contributed by atoms with van der Waals surface area (Å²) in [6, 6.07) is 4.26. The normalized spacial score (nSPS) is 11.9. The van der Waals surface area contributed by atoms with Crippen molar-refractivity contribution in [1.82, 2.24) is 0 Å². The van der Waals surface area contributed by atoms with Gasteiger partial charge < -0.3 is 14.2 Å². The number of hydrogen-bond donors (Lipinski definition) is 0. The minimum atomic E-state index is -2.38. The summed E-state index contributed by atoms with van der Waals surface area (Å²) < 4.78 is 28.5. The maximum atomic E-state index is 13.8. The molecule has 0 radical (unpaired) electrons. The van der Waals surface area contributed by atoms with Gasteiger partial charge in [-0.3, -0.25) is 4.79 Å². The van der Waals surface area contributed by atoms with Crippen LogP contribution in [0.3, 0.4) is 0 Å². The van der Waals surface area contributed by atoms with Crippen LogP contribution in [0.2, 0.25) is 0 Å². The summed E-state index contributed by atoms with van der Waals surface area (Å²) in [5.74, 6) is -1.62. The molecule has 1 aromatic rings. The molecule has 0 aliphatic carbocycles. The highest BCUT2D eigenvalue weighted by Gasteiger charge is 2.31.